The van der Waals surface area contributed by atoms with E-state index in [9.17, 15) is 29.1 Å². The Balaban J connectivity index is 0.840. The van der Waals surface area contributed by atoms with Crippen molar-refractivity contribution >= 4 is 40.7 Å². The summed E-state index contributed by atoms with van der Waals surface area (Å²) in [6.45, 7) is 6.14. The molecular weight excluding hydrogens is 1020 g/mol. The van der Waals surface area contributed by atoms with E-state index in [1.165, 1.54) is 5.57 Å². The highest BCUT2D eigenvalue weighted by atomic mass is 16.5. The normalized spacial score (nSPS) is 16.0. The van der Waals surface area contributed by atoms with E-state index < -0.39 is 41.9 Å². The average Bonchev–Trinajstić information content (AvgIpc) is 4.06. The van der Waals surface area contributed by atoms with E-state index in [0.717, 1.165) is 71.9 Å². The molecule has 0 bridgehead atoms. The van der Waals surface area contributed by atoms with Crippen molar-refractivity contribution in [3.8, 4) is 11.5 Å². The molecule has 1 aliphatic heterocycles. The number of aromatic hydroxyl groups is 1. The van der Waals surface area contributed by atoms with Crippen molar-refractivity contribution in [3.63, 3.8) is 0 Å². The fourth-order valence-corrected chi connectivity index (χ4v) is 10.7. The molecule has 0 aromatic heterocycles. The number of allylic oxidation sites excluding steroid dienone is 1. The largest absolute Gasteiger partial charge is 0.508 e. The van der Waals surface area contributed by atoms with Crippen LogP contribution in [0.25, 0.3) is 11.1 Å². The third-order valence-corrected chi connectivity index (χ3v) is 15.3. The molecule has 0 radical (unpaired) electrons. The summed E-state index contributed by atoms with van der Waals surface area (Å²) in [4.78, 5) is 72.7. The second-order valence-corrected chi connectivity index (χ2v) is 20.7. The van der Waals surface area contributed by atoms with Gasteiger partial charge in [-0.15, -0.1) is 0 Å². The second kappa shape index (κ2) is 32.2. The quantitative estimate of drug-likeness (QED) is 0.0223. The highest BCUT2D eigenvalue weighted by molar-refractivity contribution is 5.99. The molecule has 16 nitrogen and oxygen atoms in total. The van der Waals surface area contributed by atoms with Crippen molar-refractivity contribution in [2.75, 3.05) is 80.0 Å². The van der Waals surface area contributed by atoms with Crippen LogP contribution in [-0.4, -0.2) is 149 Å². The summed E-state index contributed by atoms with van der Waals surface area (Å²) in [5.74, 6) is -1.23. The lowest BCUT2D eigenvalue weighted by molar-refractivity contribution is -0.143. The first-order valence-electron chi connectivity index (χ1n) is 28.7. The molecule has 5 aromatic carbocycles. The van der Waals surface area contributed by atoms with E-state index in [1.54, 1.807) is 43.0 Å². The van der Waals surface area contributed by atoms with Crippen molar-refractivity contribution < 1.29 is 48.0 Å². The SMILES string of the molecule is CC/C(=C(\c1ccc(O)cc1)c1ccc(OCCN(C)C(=O)COCCOCCOCCNC(=O)[C@@H](NC(=O)[C@@H]2CCCN2C(=O)[C@@H](NC(=O)[C@H](C)NC)C2CCCCC2)C(c2ccccc2)c2ccccc2)cc1)c1ccccc1. The Hall–Kier alpha value is -7.37. The van der Waals surface area contributed by atoms with Crippen LogP contribution in [0.5, 0.6) is 11.5 Å². The average molecular weight is 1110 g/mol. The molecule has 5 aromatic rings. The molecular formula is C65H82N6O10. The van der Waals surface area contributed by atoms with Crippen LogP contribution >= 0.6 is 0 Å². The number of nitrogens with one attached hydrogen (secondary N) is 4. The van der Waals surface area contributed by atoms with Crippen LogP contribution < -0.4 is 26.0 Å². The molecule has 5 amide bonds. The summed E-state index contributed by atoms with van der Waals surface area (Å²) in [5, 5.41) is 22.1. The van der Waals surface area contributed by atoms with Crippen LogP contribution in [0.2, 0.25) is 0 Å². The molecule has 2 aliphatic rings. The number of hydrogen-bond donors (Lipinski definition) is 5. The highest BCUT2D eigenvalue weighted by Gasteiger charge is 2.43. The Kier molecular flexibility index (Phi) is 24.3. The predicted molar refractivity (Wildman–Crippen MR) is 314 cm³/mol. The van der Waals surface area contributed by atoms with E-state index in [0.29, 0.717) is 38.3 Å². The maximum atomic E-state index is 14.6. The van der Waals surface area contributed by atoms with E-state index in [1.807, 2.05) is 115 Å². The minimum absolute atomic E-state index is 0.0324. The molecule has 0 spiro atoms. The fourth-order valence-electron chi connectivity index (χ4n) is 10.7. The van der Waals surface area contributed by atoms with Crippen molar-refractivity contribution in [1.29, 1.82) is 0 Å². The maximum Gasteiger partial charge on any atom is 0.248 e. The van der Waals surface area contributed by atoms with Gasteiger partial charge in [-0.3, -0.25) is 24.0 Å². The fraction of sp³-hybridized carbons (Fsp3) is 0.431. The Bertz CT molecular complexity index is 2740. The van der Waals surface area contributed by atoms with Crippen LogP contribution in [0.3, 0.4) is 0 Å². The number of phenolic OH excluding ortho intramolecular Hbond substituents is 1. The summed E-state index contributed by atoms with van der Waals surface area (Å²) >= 11 is 0. The zero-order valence-corrected chi connectivity index (χ0v) is 47.5. The van der Waals surface area contributed by atoms with Crippen LogP contribution in [0.1, 0.15) is 98.9 Å². The Labute approximate surface area is 478 Å². The summed E-state index contributed by atoms with van der Waals surface area (Å²) < 4.78 is 23.1. The minimum atomic E-state index is -1.05. The second-order valence-electron chi connectivity index (χ2n) is 20.7. The van der Waals surface area contributed by atoms with Crippen LogP contribution in [-0.2, 0) is 38.2 Å². The third-order valence-electron chi connectivity index (χ3n) is 15.3. The lowest BCUT2D eigenvalue weighted by Gasteiger charge is -2.36. The lowest BCUT2D eigenvalue weighted by atomic mass is 9.83. The standard InChI is InChI=1S/C65H82N6O10/c1-5-55(47-19-10-6-11-20-47)58(50-28-32-53(72)33-29-50)51-30-34-54(35-31-51)81-40-38-70(4)57(73)45-80-44-43-79-42-41-78-39-36-67-64(76)61(59(48-21-12-7-13-22-48)49-23-14-8-15-24-49)69-63(75)56-27-18-37-71(56)65(77)60(52-25-16-9-17-26-52)68-62(74)46(2)66-3/h6-8,10-15,19-24,28-35,46,52,56,59-61,66,72H,5,9,16-18,25-27,36-45H2,1-4H3,(H,67,76)(H,68,74)(H,69,75)/b58-55-/t46-,56-,60-,61-/m0/s1. The monoisotopic (exact) mass is 1110 g/mol. The number of carbonyl (C=O) groups is 5. The molecule has 1 saturated heterocycles. The molecule has 0 unspecified atom stereocenters. The van der Waals surface area contributed by atoms with E-state index >= 15 is 0 Å². The van der Waals surface area contributed by atoms with Gasteiger partial charge in [-0.25, -0.2) is 0 Å². The summed E-state index contributed by atoms with van der Waals surface area (Å²) in [5.41, 5.74) is 7.10. The Morgan fingerprint density at radius 1 is 0.654 bits per heavy atom. The van der Waals surface area contributed by atoms with Crippen molar-refractivity contribution in [2.45, 2.75) is 95.3 Å². The molecule has 1 aliphatic carbocycles. The van der Waals surface area contributed by atoms with Gasteiger partial charge in [0.25, 0.3) is 0 Å². The Morgan fingerprint density at radius 2 is 1.23 bits per heavy atom. The van der Waals surface area contributed by atoms with Crippen LogP contribution in [0, 0.1) is 5.92 Å². The summed E-state index contributed by atoms with van der Waals surface area (Å²) in [6, 6.07) is 41.5. The van der Waals surface area contributed by atoms with Gasteiger partial charge >= 0.3 is 0 Å². The first kappa shape index (κ1) is 61.3. The number of ether oxygens (including phenoxy) is 4. The van der Waals surface area contributed by atoms with Gasteiger partial charge in [0, 0.05) is 26.1 Å². The number of carbonyl (C=O) groups excluding carboxylic acids is 5. The van der Waals surface area contributed by atoms with E-state index in [-0.39, 0.29) is 75.6 Å². The van der Waals surface area contributed by atoms with Gasteiger partial charge in [0.15, 0.2) is 0 Å². The maximum absolute atomic E-state index is 14.6. The number of likely N-dealkylation sites (N-methyl/N-ethyl adjacent to an activating group) is 2. The molecule has 1 saturated carbocycles. The van der Waals surface area contributed by atoms with Gasteiger partial charge in [0.1, 0.15) is 42.8 Å². The first-order valence-corrected chi connectivity index (χ1v) is 28.7. The molecule has 16 heteroatoms. The molecule has 2 fully saturated rings. The van der Waals surface area contributed by atoms with Gasteiger partial charge in [-0.2, -0.15) is 0 Å². The summed E-state index contributed by atoms with van der Waals surface area (Å²) in [6.07, 6.45) is 6.53. The third kappa shape index (κ3) is 17.8. The van der Waals surface area contributed by atoms with Crippen molar-refractivity contribution in [1.82, 2.24) is 31.1 Å². The number of phenols is 1. The number of rotatable bonds is 30. The van der Waals surface area contributed by atoms with E-state index in [4.69, 9.17) is 18.9 Å². The van der Waals surface area contributed by atoms with Gasteiger partial charge < -0.3 is 55.1 Å². The first-order chi connectivity index (χ1) is 39.5. The zero-order valence-electron chi connectivity index (χ0n) is 47.5. The topological polar surface area (TPSA) is 197 Å². The smallest absolute Gasteiger partial charge is 0.248 e. The Morgan fingerprint density at radius 3 is 1.84 bits per heavy atom. The van der Waals surface area contributed by atoms with Gasteiger partial charge in [-0.1, -0.05) is 141 Å². The molecule has 4 atom stereocenters. The molecule has 432 valence electrons. The van der Waals surface area contributed by atoms with Crippen molar-refractivity contribution in [3.05, 3.63) is 167 Å². The molecule has 81 heavy (non-hydrogen) atoms. The number of benzene rings is 5. The minimum Gasteiger partial charge on any atom is -0.508 e. The van der Waals surface area contributed by atoms with Gasteiger partial charge in [0.2, 0.25) is 29.5 Å². The molecule has 7 rings (SSSR count). The summed E-state index contributed by atoms with van der Waals surface area (Å²) in [7, 11) is 3.41. The van der Waals surface area contributed by atoms with Gasteiger partial charge in [0.05, 0.1) is 45.6 Å². The van der Waals surface area contributed by atoms with E-state index in [2.05, 4.69) is 40.3 Å². The van der Waals surface area contributed by atoms with Crippen molar-refractivity contribution in [2.24, 2.45) is 5.92 Å². The number of amides is 5. The zero-order chi connectivity index (χ0) is 57.3. The van der Waals surface area contributed by atoms with Crippen LogP contribution in [0.4, 0.5) is 0 Å². The highest BCUT2D eigenvalue weighted by Crippen LogP contribution is 2.36. The molecule has 1 heterocycles. The number of likely N-dealkylation sites (tertiary alicyclic amines) is 1. The van der Waals surface area contributed by atoms with Gasteiger partial charge in [-0.05, 0) is 115 Å². The number of nitrogens with zero attached hydrogens (tertiary/aromatic N) is 2. The number of hydrogen-bond acceptors (Lipinski definition) is 11. The predicted octanol–water partition coefficient (Wildman–Crippen LogP) is 7.75. The molecule has 5 N–H and O–H groups in total. The lowest BCUT2D eigenvalue weighted by Crippen LogP contribution is -2.59. The van der Waals surface area contributed by atoms with Crippen LogP contribution in [0.15, 0.2) is 140 Å².